The third kappa shape index (κ3) is 2.94. The highest BCUT2D eigenvalue weighted by Crippen LogP contribution is 1.92. The Morgan fingerprint density at radius 1 is 1.42 bits per heavy atom. The number of aromatic nitrogens is 2. The van der Waals surface area contributed by atoms with Crippen molar-refractivity contribution in [2.45, 2.75) is 6.54 Å². The molecule has 0 aliphatic rings. The van der Waals surface area contributed by atoms with E-state index >= 15 is 0 Å². The Morgan fingerprint density at radius 3 is 2.67 bits per heavy atom. The number of hydrogen-bond donors (Lipinski definition) is 1. The second-order valence-corrected chi connectivity index (χ2v) is 2.63. The van der Waals surface area contributed by atoms with Gasteiger partial charge in [0.15, 0.2) is 0 Å². The van der Waals surface area contributed by atoms with Crippen molar-refractivity contribution in [3.8, 4) is 0 Å². The van der Waals surface area contributed by atoms with Crippen LogP contribution in [0.15, 0.2) is 18.5 Å². The van der Waals surface area contributed by atoms with Gasteiger partial charge in [0, 0.05) is 18.9 Å². The molecule has 0 amide bonds. The molecule has 1 rings (SSSR count). The Balaban J connectivity index is 2.41. The zero-order valence-corrected chi connectivity index (χ0v) is 7.14. The minimum absolute atomic E-state index is 0.170. The number of hydrogen-bond acceptors (Lipinski definition) is 4. The fourth-order valence-corrected chi connectivity index (χ4v) is 0.903. The molecule has 12 heavy (non-hydrogen) atoms. The molecule has 66 valence electrons. The van der Waals surface area contributed by atoms with Crippen LogP contribution in [-0.4, -0.2) is 40.2 Å². The topological polar surface area (TPSA) is 49.2 Å². The lowest BCUT2D eigenvalue weighted by molar-refractivity contribution is 0.214. The van der Waals surface area contributed by atoms with E-state index in [9.17, 15) is 0 Å². The highest BCUT2D eigenvalue weighted by Gasteiger charge is 1.99. The maximum absolute atomic E-state index is 8.63. The number of aliphatic hydroxyl groups is 1. The van der Waals surface area contributed by atoms with E-state index < -0.39 is 0 Å². The van der Waals surface area contributed by atoms with Gasteiger partial charge in [0.05, 0.1) is 13.2 Å². The molecule has 1 aromatic rings. The maximum atomic E-state index is 8.63. The van der Waals surface area contributed by atoms with Gasteiger partial charge in [-0.1, -0.05) is 0 Å². The summed E-state index contributed by atoms with van der Waals surface area (Å²) >= 11 is 0. The van der Waals surface area contributed by atoms with Crippen LogP contribution < -0.4 is 0 Å². The molecule has 0 fully saturated rings. The van der Waals surface area contributed by atoms with Gasteiger partial charge in [-0.05, 0) is 13.1 Å². The van der Waals surface area contributed by atoms with Gasteiger partial charge in [0.2, 0.25) is 0 Å². The van der Waals surface area contributed by atoms with Crippen LogP contribution in [0.25, 0.3) is 0 Å². The summed E-state index contributed by atoms with van der Waals surface area (Å²) in [6, 6.07) is 1.79. The minimum Gasteiger partial charge on any atom is -0.395 e. The standard InChI is InChI=1S/C8H13N3O/c1-11(5-6-12)7-8-9-3-2-4-10-8/h2-4,12H,5-7H2,1H3. The van der Waals surface area contributed by atoms with Gasteiger partial charge in [0.1, 0.15) is 5.82 Å². The highest BCUT2D eigenvalue weighted by molar-refractivity contribution is 4.87. The first-order chi connectivity index (χ1) is 5.83. The van der Waals surface area contributed by atoms with Crippen LogP contribution in [0.3, 0.4) is 0 Å². The molecule has 1 heterocycles. The van der Waals surface area contributed by atoms with E-state index in [0.29, 0.717) is 13.1 Å². The summed E-state index contributed by atoms with van der Waals surface area (Å²) in [4.78, 5) is 10.1. The molecule has 1 N–H and O–H groups in total. The summed E-state index contributed by atoms with van der Waals surface area (Å²) in [5, 5.41) is 8.63. The predicted molar refractivity (Wildman–Crippen MR) is 45.5 cm³/mol. The summed E-state index contributed by atoms with van der Waals surface area (Å²) in [7, 11) is 1.92. The summed E-state index contributed by atoms with van der Waals surface area (Å²) in [6.07, 6.45) is 3.43. The molecule has 0 bridgehead atoms. The summed E-state index contributed by atoms with van der Waals surface area (Å²) in [5.74, 6) is 0.786. The van der Waals surface area contributed by atoms with E-state index in [-0.39, 0.29) is 6.61 Å². The quantitative estimate of drug-likeness (QED) is 0.680. The molecule has 4 nitrogen and oxygen atoms in total. The van der Waals surface area contributed by atoms with Crippen LogP contribution in [0.4, 0.5) is 0 Å². The van der Waals surface area contributed by atoms with Gasteiger partial charge in [-0.25, -0.2) is 9.97 Å². The van der Waals surface area contributed by atoms with E-state index in [0.717, 1.165) is 5.82 Å². The SMILES string of the molecule is CN(CCO)Cc1ncccn1. The zero-order chi connectivity index (χ0) is 8.81. The van der Waals surface area contributed by atoms with Crippen molar-refractivity contribution in [1.82, 2.24) is 14.9 Å². The van der Waals surface area contributed by atoms with Crippen LogP contribution in [0.2, 0.25) is 0 Å². The minimum atomic E-state index is 0.170. The summed E-state index contributed by atoms with van der Waals surface area (Å²) in [5.41, 5.74) is 0. The molecule has 4 heteroatoms. The Labute approximate surface area is 71.9 Å². The molecule has 0 unspecified atom stereocenters. The molecule has 0 aliphatic heterocycles. The first-order valence-corrected chi connectivity index (χ1v) is 3.88. The Bertz CT molecular complexity index is 215. The third-order valence-corrected chi connectivity index (χ3v) is 1.51. The van der Waals surface area contributed by atoms with Crippen LogP contribution in [-0.2, 0) is 6.54 Å². The molecule has 0 saturated carbocycles. The Hall–Kier alpha value is -1.00. The average molecular weight is 167 g/mol. The first kappa shape index (κ1) is 9.09. The summed E-state index contributed by atoms with van der Waals surface area (Å²) in [6.45, 7) is 1.50. The van der Waals surface area contributed by atoms with E-state index in [1.165, 1.54) is 0 Å². The Morgan fingerprint density at radius 2 is 2.08 bits per heavy atom. The van der Waals surface area contributed by atoms with Crippen molar-refractivity contribution >= 4 is 0 Å². The second kappa shape index (κ2) is 4.79. The second-order valence-electron chi connectivity index (χ2n) is 2.63. The fourth-order valence-electron chi connectivity index (χ4n) is 0.903. The van der Waals surface area contributed by atoms with Crippen LogP contribution in [0.5, 0.6) is 0 Å². The lowest BCUT2D eigenvalue weighted by Gasteiger charge is -2.12. The van der Waals surface area contributed by atoms with Gasteiger partial charge in [-0.2, -0.15) is 0 Å². The summed E-state index contributed by atoms with van der Waals surface area (Å²) < 4.78 is 0. The Kier molecular flexibility index (Phi) is 3.63. The van der Waals surface area contributed by atoms with Crippen LogP contribution in [0, 0.1) is 0 Å². The lowest BCUT2D eigenvalue weighted by atomic mass is 10.5. The van der Waals surface area contributed by atoms with Crippen LogP contribution >= 0.6 is 0 Å². The normalized spacial score (nSPS) is 10.6. The smallest absolute Gasteiger partial charge is 0.142 e. The van der Waals surface area contributed by atoms with Gasteiger partial charge in [-0.15, -0.1) is 0 Å². The number of nitrogens with zero attached hydrogens (tertiary/aromatic N) is 3. The van der Waals surface area contributed by atoms with Crippen molar-refractivity contribution in [2.75, 3.05) is 20.2 Å². The predicted octanol–water partition coefficient (Wildman–Crippen LogP) is -0.0993. The highest BCUT2D eigenvalue weighted by atomic mass is 16.3. The molecule has 0 radical (unpaired) electrons. The van der Waals surface area contributed by atoms with Crippen LogP contribution in [0.1, 0.15) is 5.82 Å². The van der Waals surface area contributed by atoms with Crippen molar-refractivity contribution in [3.63, 3.8) is 0 Å². The van der Waals surface area contributed by atoms with Gasteiger partial charge >= 0.3 is 0 Å². The van der Waals surface area contributed by atoms with E-state index in [4.69, 9.17) is 5.11 Å². The fraction of sp³-hybridized carbons (Fsp3) is 0.500. The third-order valence-electron chi connectivity index (χ3n) is 1.51. The van der Waals surface area contributed by atoms with E-state index in [1.807, 2.05) is 11.9 Å². The first-order valence-electron chi connectivity index (χ1n) is 3.88. The molecule has 0 aliphatic carbocycles. The van der Waals surface area contributed by atoms with Crippen molar-refractivity contribution < 1.29 is 5.11 Å². The van der Waals surface area contributed by atoms with E-state index in [1.54, 1.807) is 18.5 Å². The van der Waals surface area contributed by atoms with Gasteiger partial charge in [-0.3, -0.25) is 4.90 Å². The number of rotatable bonds is 4. The van der Waals surface area contributed by atoms with Gasteiger partial charge < -0.3 is 5.11 Å². The molecular weight excluding hydrogens is 154 g/mol. The van der Waals surface area contributed by atoms with Crippen molar-refractivity contribution in [2.24, 2.45) is 0 Å². The molecular formula is C8H13N3O. The van der Waals surface area contributed by atoms with E-state index in [2.05, 4.69) is 9.97 Å². The largest absolute Gasteiger partial charge is 0.395 e. The van der Waals surface area contributed by atoms with Crippen molar-refractivity contribution in [3.05, 3.63) is 24.3 Å². The number of likely N-dealkylation sites (N-methyl/N-ethyl adjacent to an activating group) is 1. The van der Waals surface area contributed by atoms with Crippen molar-refractivity contribution in [1.29, 1.82) is 0 Å². The van der Waals surface area contributed by atoms with Gasteiger partial charge in [0.25, 0.3) is 0 Å². The average Bonchev–Trinajstić information content (AvgIpc) is 2.06. The monoisotopic (exact) mass is 167 g/mol. The number of aliphatic hydroxyl groups excluding tert-OH is 1. The molecule has 1 aromatic heterocycles. The molecule has 0 saturated heterocycles. The lowest BCUT2D eigenvalue weighted by Crippen LogP contribution is -2.22. The zero-order valence-electron chi connectivity index (χ0n) is 7.14. The molecule has 0 spiro atoms. The molecule has 0 atom stereocenters. The maximum Gasteiger partial charge on any atom is 0.142 e. The molecule has 0 aromatic carbocycles.